The smallest absolute Gasteiger partial charge is 0.377 e. The lowest BCUT2D eigenvalue weighted by Crippen LogP contribution is -2.33. The lowest BCUT2D eigenvalue weighted by Gasteiger charge is -2.18. The van der Waals surface area contributed by atoms with Gasteiger partial charge in [-0.3, -0.25) is 0 Å². The number of rotatable bonds is 9. The lowest BCUT2D eigenvalue weighted by atomic mass is 10.2. The summed E-state index contributed by atoms with van der Waals surface area (Å²) in [5.74, 6) is -0.217. The van der Waals surface area contributed by atoms with E-state index in [1.54, 1.807) is 0 Å². The molecule has 0 aliphatic heterocycles. The van der Waals surface area contributed by atoms with E-state index in [2.05, 4.69) is 0 Å². The predicted octanol–water partition coefficient (Wildman–Crippen LogP) is 5.26. The van der Waals surface area contributed by atoms with Crippen LogP contribution in [0.2, 0.25) is 0 Å². The molecule has 0 radical (unpaired) electrons. The second-order valence-corrected chi connectivity index (χ2v) is 5.67. The molecule has 0 atom stereocenters. The van der Waals surface area contributed by atoms with Gasteiger partial charge in [0.15, 0.2) is 0 Å². The Labute approximate surface area is 124 Å². The van der Waals surface area contributed by atoms with Crippen LogP contribution in [-0.4, -0.2) is 23.8 Å². The number of hydrogen-bond donors (Lipinski definition) is 0. The molecule has 1 rings (SSSR count). The van der Waals surface area contributed by atoms with Gasteiger partial charge in [-0.05, 0) is 24.2 Å². The van der Waals surface area contributed by atoms with Gasteiger partial charge in [0.1, 0.15) is 0 Å². The molecule has 0 heterocycles. The highest BCUT2D eigenvalue weighted by molar-refractivity contribution is 8.00. The lowest BCUT2D eigenvalue weighted by molar-refractivity contribution is -0.237. The molecule has 0 aromatic heterocycles. The maximum absolute atomic E-state index is 12.6. The predicted molar refractivity (Wildman–Crippen MR) is 73.4 cm³/mol. The van der Waals surface area contributed by atoms with Crippen molar-refractivity contribution in [3.63, 3.8) is 0 Å². The molecule has 0 bridgehead atoms. The Morgan fingerprint density at radius 3 is 2.19 bits per heavy atom. The summed E-state index contributed by atoms with van der Waals surface area (Å²) in [7, 11) is 0. The number of alkyl halides is 5. The van der Waals surface area contributed by atoms with Gasteiger partial charge in [0.05, 0.1) is 6.61 Å². The van der Waals surface area contributed by atoms with Crippen molar-refractivity contribution in [3.8, 4) is 0 Å². The van der Waals surface area contributed by atoms with Crippen LogP contribution in [0.15, 0.2) is 30.3 Å². The van der Waals surface area contributed by atoms with Crippen molar-refractivity contribution < 1.29 is 26.7 Å². The van der Waals surface area contributed by atoms with Gasteiger partial charge in [-0.2, -0.15) is 22.0 Å². The van der Waals surface area contributed by atoms with Crippen molar-refractivity contribution in [1.29, 1.82) is 0 Å². The summed E-state index contributed by atoms with van der Waals surface area (Å²) in [5, 5.41) is -4.66. The van der Waals surface area contributed by atoms with Crippen LogP contribution in [0.1, 0.15) is 24.8 Å². The molecule has 0 aliphatic carbocycles. The van der Waals surface area contributed by atoms with Crippen molar-refractivity contribution in [2.45, 2.75) is 37.3 Å². The number of benzene rings is 1. The monoisotopic (exact) mass is 328 g/mol. The van der Waals surface area contributed by atoms with Crippen molar-refractivity contribution in [2.24, 2.45) is 0 Å². The first-order valence-corrected chi connectivity index (χ1v) is 7.51. The molecule has 0 aliphatic rings. The van der Waals surface area contributed by atoms with Gasteiger partial charge in [0.25, 0.3) is 0 Å². The van der Waals surface area contributed by atoms with E-state index in [1.807, 2.05) is 30.3 Å². The molecule has 1 aromatic rings. The van der Waals surface area contributed by atoms with E-state index in [0.717, 1.165) is 5.56 Å². The Morgan fingerprint density at radius 1 is 0.905 bits per heavy atom. The number of halogens is 5. The maximum Gasteiger partial charge on any atom is 0.464 e. The van der Waals surface area contributed by atoms with Crippen LogP contribution in [-0.2, 0) is 11.3 Å². The molecule has 7 heteroatoms. The summed E-state index contributed by atoms with van der Waals surface area (Å²) in [6.07, 6.45) is -3.96. The Bertz CT molecular complexity index is 394. The largest absolute Gasteiger partial charge is 0.464 e. The van der Waals surface area contributed by atoms with Crippen LogP contribution in [0, 0.1) is 0 Å². The van der Waals surface area contributed by atoms with Crippen molar-refractivity contribution in [2.75, 3.05) is 12.4 Å². The number of hydrogen-bond acceptors (Lipinski definition) is 2. The fourth-order valence-electron chi connectivity index (χ4n) is 1.53. The van der Waals surface area contributed by atoms with E-state index in [0.29, 0.717) is 32.5 Å². The zero-order chi connectivity index (χ0) is 15.8. The van der Waals surface area contributed by atoms with Crippen LogP contribution in [0.3, 0.4) is 0 Å². The molecule has 1 nitrogen and oxygen atoms in total. The van der Waals surface area contributed by atoms with E-state index in [4.69, 9.17) is 4.74 Å². The maximum atomic E-state index is 12.6. The number of thioether (sulfide) groups is 1. The topological polar surface area (TPSA) is 9.23 Å². The average Bonchev–Trinajstić information content (AvgIpc) is 2.41. The average molecular weight is 328 g/mol. The Hall–Kier alpha value is -0.820. The van der Waals surface area contributed by atoms with Crippen LogP contribution < -0.4 is 0 Å². The normalized spacial score (nSPS) is 12.6. The molecular formula is C14H17F5OS. The molecule has 1 aromatic carbocycles. The summed E-state index contributed by atoms with van der Waals surface area (Å²) in [6.45, 7) is 0.941. The van der Waals surface area contributed by atoms with Gasteiger partial charge < -0.3 is 4.74 Å². The molecule has 0 unspecified atom stereocenters. The van der Waals surface area contributed by atoms with Gasteiger partial charge >= 0.3 is 11.4 Å². The number of ether oxygens (including phenoxy) is 1. The minimum absolute atomic E-state index is 0.217. The minimum atomic E-state index is -5.48. The highest BCUT2D eigenvalue weighted by atomic mass is 32.2. The van der Waals surface area contributed by atoms with Gasteiger partial charge in [0.2, 0.25) is 0 Å². The minimum Gasteiger partial charge on any atom is -0.377 e. The van der Waals surface area contributed by atoms with Crippen LogP contribution >= 0.6 is 11.8 Å². The summed E-state index contributed by atoms with van der Waals surface area (Å²) in [6, 6.07) is 9.55. The number of unbranched alkanes of at least 4 members (excludes halogenated alkanes) is 2. The summed E-state index contributed by atoms with van der Waals surface area (Å²) in [4.78, 5) is 0. The standard InChI is InChI=1S/C14H17F5OS/c15-13(16,17)14(18,19)21-10-6-2-5-9-20-11-12-7-3-1-4-8-12/h1,3-4,7-8H,2,5-6,9-11H2. The van der Waals surface area contributed by atoms with Gasteiger partial charge in [0, 0.05) is 6.61 Å². The molecule has 0 saturated carbocycles. The van der Waals surface area contributed by atoms with Crippen LogP contribution in [0.5, 0.6) is 0 Å². The van der Waals surface area contributed by atoms with E-state index in [-0.39, 0.29) is 17.5 Å². The Morgan fingerprint density at radius 2 is 1.57 bits per heavy atom. The third kappa shape index (κ3) is 7.13. The fraction of sp³-hybridized carbons (Fsp3) is 0.571. The molecule has 0 spiro atoms. The molecule has 21 heavy (non-hydrogen) atoms. The van der Waals surface area contributed by atoms with E-state index in [1.165, 1.54) is 0 Å². The van der Waals surface area contributed by atoms with Crippen LogP contribution in [0.4, 0.5) is 22.0 Å². The molecule has 0 amide bonds. The summed E-state index contributed by atoms with van der Waals surface area (Å²) < 4.78 is 66.1. The van der Waals surface area contributed by atoms with E-state index in [9.17, 15) is 22.0 Å². The van der Waals surface area contributed by atoms with Crippen molar-refractivity contribution >= 4 is 11.8 Å². The Balaban J connectivity index is 2.00. The van der Waals surface area contributed by atoms with Crippen molar-refractivity contribution in [1.82, 2.24) is 0 Å². The third-order valence-corrected chi connectivity index (χ3v) is 3.74. The highest BCUT2D eigenvalue weighted by Crippen LogP contribution is 2.44. The molecule has 0 saturated heterocycles. The first kappa shape index (κ1) is 18.2. The van der Waals surface area contributed by atoms with Gasteiger partial charge in [-0.1, -0.05) is 48.5 Å². The molecule has 0 fully saturated rings. The van der Waals surface area contributed by atoms with Gasteiger partial charge in [-0.25, -0.2) is 0 Å². The zero-order valence-electron chi connectivity index (χ0n) is 11.3. The summed E-state index contributed by atoms with van der Waals surface area (Å²) >= 11 is -0.353. The Kier molecular flexibility index (Phi) is 7.45. The molecule has 120 valence electrons. The van der Waals surface area contributed by atoms with Crippen molar-refractivity contribution in [3.05, 3.63) is 35.9 Å². The molecular weight excluding hydrogens is 311 g/mol. The zero-order valence-corrected chi connectivity index (χ0v) is 12.2. The quantitative estimate of drug-likeness (QED) is 0.451. The first-order valence-electron chi connectivity index (χ1n) is 6.53. The van der Waals surface area contributed by atoms with Crippen LogP contribution in [0.25, 0.3) is 0 Å². The first-order chi connectivity index (χ1) is 9.83. The van der Waals surface area contributed by atoms with Gasteiger partial charge in [-0.15, -0.1) is 0 Å². The van der Waals surface area contributed by atoms with E-state index >= 15 is 0 Å². The molecule has 0 N–H and O–H groups in total. The SMILES string of the molecule is FC(F)(F)C(F)(F)SCCCCCOCc1ccccc1. The second kappa shape index (κ2) is 8.58. The summed E-state index contributed by atoms with van der Waals surface area (Å²) in [5.41, 5.74) is 1.04. The third-order valence-electron chi connectivity index (χ3n) is 2.66. The van der Waals surface area contributed by atoms with E-state index < -0.39 is 11.4 Å². The fourth-order valence-corrected chi connectivity index (χ4v) is 2.30. The second-order valence-electron chi connectivity index (χ2n) is 4.46. The highest BCUT2D eigenvalue weighted by Gasteiger charge is 2.57.